The molecule has 0 saturated carbocycles. The van der Waals surface area contributed by atoms with Crippen LogP contribution in [0.5, 0.6) is 0 Å². The van der Waals surface area contributed by atoms with E-state index in [1.54, 1.807) is 0 Å². The van der Waals surface area contributed by atoms with E-state index < -0.39 is 36.4 Å². The Bertz CT molecular complexity index is 273. The zero-order chi connectivity index (χ0) is 14.1. The van der Waals surface area contributed by atoms with Crippen molar-refractivity contribution >= 4 is 172 Å². The normalized spacial score (nSPS) is 8.55. The Morgan fingerprint density at radius 1 is 0.800 bits per heavy atom. The van der Waals surface area contributed by atoms with Crippen LogP contribution in [0.15, 0.2) is 0 Å². The van der Waals surface area contributed by atoms with E-state index in [0.29, 0.717) is 13.1 Å². The number of aliphatic hydroxyl groups is 1. The van der Waals surface area contributed by atoms with Crippen molar-refractivity contribution in [3.05, 3.63) is 0 Å². The van der Waals surface area contributed by atoms with E-state index in [0.717, 1.165) is 0 Å². The van der Waals surface area contributed by atoms with Crippen molar-refractivity contribution < 1.29 is 34.8 Å². The second kappa shape index (κ2) is 20.2. The third-order valence-corrected chi connectivity index (χ3v) is 1.45. The predicted molar refractivity (Wildman–Crippen MR) is 76.6 cm³/mol. The summed E-state index contributed by atoms with van der Waals surface area (Å²) in [5.41, 5.74) is 7.07. The predicted octanol–water partition coefficient (Wildman–Crippen LogP) is -4.29. The monoisotopic (exact) mass is 372 g/mol. The summed E-state index contributed by atoms with van der Waals surface area (Å²) in [7, 11) is 0. The van der Waals surface area contributed by atoms with Crippen molar-refractivity contribution in [3.63, 3.8) is 0 Å². The fraction of sp³-hybridized carbons (Fsp3) is 0.625. The number of hydrogen-bond donors (Lipinski definition) is 6. The molecule has 0 aliphatic rings. The Hall–Kier alpha value is 3.20. The molecule has 8 N–H and O–H groups in total. The van der Waals surface area contributed by atoms with E-state index in [-0.39, 0.29) is 154 Å². The van der Waals surface area contributed by atoms with Crippen molar-refractivity contribution in [2.24, 2.45) is 11.5 Å². The van der Waals surface area contributed by atoms with E-state index in [9.17, 15) is 14.4 Å². The fourth-order valence-corrected chi connectivity index (χ4v) is 0.714. The number of nitrogens with two attached hydrogens (primary N) is 2. The van der Waals surface area contributed by atoms with Crippen molar-refractivity contribution in [1.29, 1.82) is 0 Å². The van der Waals surface area contributed by atoms with Crippen LogP contribution in [0.3, 0.4) is 0 Å². The van der Waals surface area contributed by atoms with Gasteiger partial charge in [0.1, 0.15) is 0 Å². The average molecular weight is 373 g/mol. The number of carboxylic acid groups (broad SMARTS) is 3. The van der Waals surface area contributed by atoms with Gasteiger partial charge in [-0.2, -0.15) is 0 Å². The van der Waals surface area contributed by atoms with Crippen LogP contribution in [-0.2, 0) is 14.4 Å². The van der Waals surface area contributed by atoms with Crippen LogP contribution in [0.25, 0.3) is 0 Å². The third-order valence-electron chi connectivity index (χ3n) is 1.45. The summed E-state index contributed by atoms with van der Waals surface area (Å²) in [6.45, 7) is 1.19. The van der Waals surface area contributed by atoms with E-state index in [1.165, 1.54) is 0 Å². The average Bonchev–Trinajstić information content (AvgIpc) is 2.15. The molecule has 12 heteroatoms. The summed E-state index contributed by atoms with van der Waals surface area (Å²) >= 11 is 0. The van der Waals surface area contributed by atoms with Crippen LogP contribution in [0.4, 0.5) is 0 Å². The van der Waals surface area contributed by atoms with Gasteiger partial charge in [-0.25, -0.2) is 4.79 Å². The molecule has 20 heavy (non-hydrogen) atoms. The zero-order valence-electron chi connectivity index (χ0n) is 9.00. The first-order valence-corrected chi connectivity index (χ1v) is 4.49. The van der Waals surface area contributed by atoms with Crippen molar-refractivity contribution in [2.45, 2.75) is 18.4 Å². The van der Waals surface area contributed by atoms with Gasteiger partial charge in [0.15, 0.2) is 5.60 Å². The standard InChI is InChI=1S/C6H8O7.C2H8N2.3K.3H/c7-3(8)1-6(13,5(11)12)2-4(9)10;3-1-2-4;;;;;;/h13H,1-2H2,(H,7,8)(H,9,10)(H,11,12);1-4H2;;;;;;. The number of aliphatic carboxylic acids is 3. The Kier molecular flexibility index (Phi) is 34.9. The molecule has 0 aromatic carbocycles. The minimum absolute atomic E-state index is 0. The molecule has 0 atom stereocenters. The van der Waals surface area contributed by atoms with Crippen LogP contribution in [-0.4, -0.2) is 211 Å². The molecule has 0 heterocycles. The van der Waals surface area contributed by atoms with Crippen molar-refractivity contribution in [1.82, 2.24) is 0 Å². The van der Waals surface area contributed by atoms with Crippen molar-refractivity contribution in [3.8, 4) is 0 Å². The molecular formula is C8H19K3N2O7. The molecule has 0 saturated heterocycles. The van der Waals surface area contributed by atoms with Gasteiger partial charge in [0.05, 0.1) is 12.8 Å². The molecule has 0 radical (unpaired) electrons. The molecule has 0 unspecified atom stereocenters. The third kappa shape index (κ3) is 21.2. The van der Waals surface area contributed by atoms with Crippen LogP contribution >= 0.6 is 0 Å². The molecule has 106 valence electrons. The van der Waals surface area contributed by atoms with Gasteiger partial charge in [-0.3, -0.25) is 9.59 Å². The molecule has 0 bridgehead atoms. The van der Waals surface area contributed by atoms with Crippen LogP contribution < -0.4 is 11.5 Å². The van der Waals surface area contributed by atoms with Gasteiger partial charge >= 0.3 is 172 Å². The molecule has 0 spiro atoms. The number of carbonyl (C=O) groups is 3. The maximum absolute atomic E-state index is 10.3. The Balaban J connectivity index is -0.0000000951. The summed E-state index contributed by atoms with van der Waals surface area (Å²) in [4.78, 5) is 30.5. The molecule has 0 amide bonds. The number of rotatable bonds is 6. The van der Waals surface area contributed by atoms with Crippen LogP contribution in [0.1, 0.15) is 12.8 Å². The summed E-state index contributed by atoms with van der Waals surface area (Å²) in [6.07, 6.45) is -2.29. The van der Waals surface area contributed by atoms with E-state index >= 15 is 0 Å². The molecule has 0 aliphatic heterocycles. The van der Waals surface area contributed by atoms with E-state index in [1.807, 2.05) is 0 Å². The molecule has 9 nitrogen and oxygen atoms in total. The Labute approximate surface area is 243 Å². The molecular weight excluding hydrogens is 353 g/mol. The Morgan fingerprint density at radius 3 is 1.15 bits per heavy atom. The molecule has 0 fully saturated rings. The van der Waals surface area contributed by atoms with Crippen LogP contribution in [0.2, 0.25) is 0 Å². The summed E-state index contributed by atoms with van der Waals surface area (Å²) in [5, 5.41) is 33.8. The van der Waals surface area contributed by atoms with Crippen molar-refractivity contribution in [2.75, 3.05) is 13.1 Å². The fourth-order valence-electron chi connectivity index (χ4n) is 0.714. The van der Waals surface area contributed by atoms with Gasteiger partial charge in [0, 0.05) is 13.1 Å². The van der Waals surface area contributed by atoms with Crippen LogP contribution in [0, 0.1) is 0 Å². The second-order valence-corrected chi connectivity index (χ2v) is 3.06. The van der Waals surface area contributed by atoms with E-state index in [2.05, 4.69) is 0 Å². The Morgan fingerprint density at radius 2 is 1.05 bits per heavy atom. The zero-order valence-corrected chi connectivity index (χ0v) is 9.00. The first kappa shape index (κ1) is 34.5. The molecule has 0 aromatic rings. The van der Waals surface area contributed by atoms with Gasteiger partial charge in [-0.1, -0.05) is 0 Å². The SMILES string of the molecule is NCCN.O=C(O)CC(O)(CC(=O)O)C(=O)O.[KH].[KH].[KH]. The van der Waals surface area contributed by atoms with Gasteiger partial charge in [0.25, 0.3) is 0 Å². The summed E-state index contributed by atoms with van der Waals surface area (Å²) in [5.74, 6) is -5.02. The van der Waals surface area contributed by atoms with Gasteiger partial charge < -0.3 is 31.9 Å². The van der Waals surface area contributed by atoms with Gasteiger partial charge in [0.2, 0.25) is 0 Å². The first-order valence-electron chi connectivity index (χ1n) is 4.49. The number of hydrogen-bond acceptors (Lipinski definition) is 6. The van der Waals surface area contributed by atoms with Gasteiger partial charge in [-0.15, -0.1) is 0 Å². The summed E-state index contributed by atoms with van der Waals surface area (Å²) in [6, 6.07) is 0. The molecule has 0 aromatic heterocycles. The molecule has 0 aliphatic carbocycles. The minimum atomic E-state index is -2.74. The first-order chi connectivity index (χ1) is 7.69. The van der Waals surface area contributed by atoms with Gasteiger partial charge in [-0.05, 0) is 0 Å². The quantitative estimate of drug-likeness (QED) is 0.251. The van der Waals surface area contributed by atoms with E-state index in [4.69, 9.17) is 31.9 Å². The molecule has 0 rings (SSSR count). The topological polar surface area (TPSA) is 184 Å². The summed E-state index contributed by atoms with van der Waals surface area (Å²) < 4.78 is 0. The number of carboxylic acids is 3. The second-order valence-electron chi connectivity index (χ2n) is 3.06. The maximum atomic E-state index is 10.3.